The highest BCUT2D eigenvalue weighted by Crippen LogP contribution is 2.36. The molecule has 1 aliphatic carbocycles. The van der Waals surface area contributed by atoms with E-state index >= 15 is 0 Å². The lowest BCUT2D eigenvalue weighted by molar-refractivity contribution is -0.151. The molecule has 1 heterocycles. The molecular weight excluding hydrogens is 425 g/mol. The summed E-state index contributed by atoms with van der Waals surface area (Å²) in [6.07, 6.45) is 5.83. The van der Waals surface area contributed by atoms with Crippen molar-refractivity contribution < 1.29 is 18.8 Å². The highest BCUT2D eigenvalue weighted by molar-refractivity contribution is 6.62. The van der Waals surface area contributed by atoms with Gasteiger partial charge in [0.15, 0.2) is 0 Å². The fourth-order valence-electron chi connectivity index (χ4n) is 4.28. The minimum Gasteiger partial charge on any atom is -0.461 e. The van der Waals surface area contributed by atoms with E-state index in [-0.39, 0.29) is 29.3 Å². The van der Waals surface area contributed by atoms with Gasteiger partial charge in [-0.2, -0.15) is 0 Å². The summed E-state index contributed by atoms with van der Waals surface area (Å²) in [5.74, 6) is 0.279. The molecule has 3 rings (SSSR count). The number of hydrogen-bond donors (Lipinski definition) is 1. The van der Waals surface area contributed by atoms with Crippen LogP contribution in [0, 0.1) is 5.92 Å². The molecule has 1 aliphatic heterocycles. The second-order valence-corrected chi connectivity index (χ2v) is 11.1. The van der Waals surface area contributed by atoms with Crippen LogP contribution in [0.1, 0.15) is 79.2 Å². The van der Waals surface area contributed by atoms with Crippen molar-refractivity contribution in [2.75, 3.05) is 6.54 Å². The molecule has 1 atom stereocenters. The smallest absolute Gasteiger partial charge is 0.461 e. The molecule has 2 fully saturated rings. The highest BCUT2D eigenvalue weighted by atomic mass is 35.5. The Balaban J connectivity index is 1.61. The van der Waals surface area contributed by atoms with Crippen LogP contribution in [-0.2, 0) is 25.3 Å². The van der Waals surface area contributed by atoms with E-state index < -0.39 is 7.12 Å². The molecule has 0 radical (unpaired) electrons. The van der Waals surface area contributed by atoms with Gasteiger partial charge >= 0.3 is 13.1 Å². The van der Waals surface area contributed by atoms with Gasteiger partial charge in [-0.25, -0.2) is 0 Å². The zero-order valence-electron chi connectivity index (χ0n) is 20.5. The Hall–Kier alpha value is -1.08. The lowest BCUT2D eigenvalue weighted by Gasteiger charge is -2.32. The molecule has 1 saturated heterocycles. The van der Waals surface area contributed by atoms with Crippen LogP contribution in [0.2, 0.25) is 5.02 Å². The van der Waals surface area contributed by atoms with E-state index in [9.17, 15) is 4.79 Å². The maximum atomic E-state index is 12.8. The van der Waals surface area contributed by atoms with Crippen LogP contribution in [-0.4, -0.2) is 43.0 Å². The molecule has 7 heteroatoms. The molecule has 178 valence electrons. The van der Waals surface area contributed by atoms with Crippen molar-refractivity contribution in [3.63, 3.8) is 0 Å². The topological polar surface area (TPSA) is 56.8 Å². The van der Waals surface area contributed by atoms with Crippen LogP contribution >= 0.6 is 11.6 Å². The average molecular weight is 464 g/mol. The minimum absolute atomic E-state index is 0.0880. The van der Waals surface area contributed by atoms with Crippen LogP contribution in [0.15, 0.2) is 18.2 Å². The van der Waals surface area contributed by atoms with Gasteiger partial charge < -0.3 is 19.4 Å². The first-order chi connectivity index (χ1) is 15.0. The Morgan fingerprint density at radius 2 is 1.81 bits per heavy atom. The molecule has 5 nitrogen and oxygen atoms in total. The molecular formula is C25H39BClNO4. The summed E-state index contributed by atoms with van der Waals surface area (Å²) < 4.78 is 18.1. The monoisotopic (exact) mass is 463 g/mol. The number of ether oxygens (including phenoxy) is 1. The van der Waals surface area contributed by atoms with E-state index in [2.05, 4.69) is 25.2 Å². The predicted molar refractivity (Wildman–Crippen MR) is 130 cm³/mol. The van der Waals surface area contributed by atoms with Crippen molar-refractivity contribution in [1.82, 2.24) is 5.32 Å². The Morgan fingerprint density at radius 1 is 1.19 bits per heavy atom. The van der Waals surface area contributed by atoms with E-state index in [0.717, 1.165) is 43.1 Å². The van der Waals surface area contributed by atoms with Crippen molar-refractivity contribution >= 4 is 30.2 Å². The molecule has 2 aliphatic rings. The first-order valence-corrected chi connectivity index (χ1v) is 12.4. The predicted octanol–water partition coefficient (Wildman–Crippen LogP) is 4.67. The highest BCUT2D eigenvalue weighted by Gasteiger charge is 2.51. The van der Waals surface area contributed by atoms with Gasteiger partial charge in [0, 0.05) is 11.6 Å². The maximum absolute atomic E-state index is 12.8. The zero-order chi connectivity index (χ0) is 23.5. The van der Waals surface area contributed by atoms with Gasteiger partial charge in [-0.05, 0) is 89.2 Å². The van der Waals surface area contributed by atoms with Crippen LogP contribution < -0.4 is 10.8 Å². The Labute approximate surface area is 199 Å². The Morgan fingerprint density at radius 3 is 2.41 bits per heavy atom. The molecule has 0 unspecified atom stereocenters. The molecule has 0 amide bonds. The Kier molecular flexibility index (Phi) is 8.35. The second kappa shape index (κ2) is 10.5. The summed E-state index contributed by atoms with van der Waals surface area (Å²) in [5.41, 5.74) is 1.20. The van der Waals surface area contributed by atoms with Gasteiger partial charge in [-0.15, -0.1) is 0 Å². The van der Waals surface area contributed by atoms with E-state index in [4.69, 9.17) is 25.6 Å². The fraction of sp³-hybridized carbons (Fsp3) is 0.720. The quantitative estimate of drug-likeness (QED) is 0.426. The third-order valence-electron chi connectivity index (χ3n) is 6.96. The van der Waals surface area contributed by atoms with E-state index in [1.807, 2.05) is 39.8 Å². The van der Waals surface area contributed by atoms with Gasteiger partial charge in [-0.3, -0.25) is 4.79 Å². The molecule has 0 bridgehead atoms. The molecule has 1 aromatic carbocycles. The zero-order valence-corrected chi connectivity index (χ0v) is 21.3. The first kappa shape index (κ1) is 25.5. The summed E-state index contributed by atoms with van der Waals surface area (Å²) in [6, 6.07) is 5.63. The lowest BCUT2D eigenvalue weighted by atomic mass is 9.78. The van der Waals surface area contributed by atoms with Crippen molar-refractivity contribution in [2.24, 2.45) is 5.92 Å². The van der Waals surface area contributed by atoms with Crippen LogP contribution in [0.3, 0.4) is 0 Å². The molecule has 0 spiro atoms. The van der Waals surface area contributed by atoms with Gasteiger partial charge in [-0.1, -0.05) is 37.6 Å². The van der Waals surface area contributed by atoms with Crippen LogP contribution in [0.4, 0.5) is 0 Å². The maximum Gasteiger partial charge on any atom is 0.494 e. The summed E-state index contributed by atoms with van der Waals surface area (Å²) in [5, 5.41) is 4.13. The van der Waals surface area contributed by atoms with Crippen LogP contribution in [0.5, 0.6) is 0 Å². The van der Waals surface area contributed by atoms with Crippen molar-refractivity contribution in [1.29, 1.82) is 0 Å². The van der Waals surface area contributed by atoms with Crippen LogP contribution in [0.25, 0.3) is 0 Å². The first-order valence-electron chi connectivity index (χ1n) is 12.1. The standard InChI is InChI=1S/C25H39BClNO4/c1-17(2)15-22(23(29)30-20-9-7-8-10-20)28-14-13-18-16-19(11-12-21(18)27)26-31-24(3,4)25(5,6)32-26/h11-12,16-17,20,22,28H,7-10,13-15H2,1-6H3/t22-/m0/s1. The van der Waals surface area contributed by atoms with Crippen molar-refractivity contribution in [3.05, 3.63) is 28.8 Å². The Bertz CT molecular complexity index is 776. The SMILES string of the molecule is CC(C)C[C@H](NCCc1cc(B2OC(C)(C)C(C)(C)O2)ccc1Cl)C(=O)OC1CCCC1. The lowest BCUT2D eigenvalue weighted by Crippen LogP contribution is -2.41. The number of halogens is 1. The number of esters is 1. The average Bonchev–Trinajstić information content (AvgIpc) is 3.27. The summed E-state index contributed by atoms with van der Waals surface area (Å²) >= 11 is 6.49. The van der Waals surface area contributed by atoms with Gasteiger partial charge in [0.05, 0.1) is 11.2 Å². The van der Waals surface area contributed by atoms with E-state index in [1.54, 1.807) is 0 Å². The number of carbonyl (C=O) groups excluding carboxylic acids is 1. The number of carbonyl (C=O) groups is 1. The van der Waals surface area contributed by atoms with Gasteiger partial charge in [0.1, 0.15) is 12.1 Å². The van der Waals surface area contributed by atoms with E-state index in [1.165, 1.54) is 0 Å². The van der Waals surface area contributed by atoms with Gasteiger partial charge in [0.2, 0.25) is 0 Å². The third-order valence-corrected chi connectivity index (χ3v) is 7.33. The van der Waals surface area contributed by atoms with Crippen molar-refractivity contribution in [3.8, 4) is 0 Å². The number of rotatable bonds is 9. The number of nitrogens with one attached hydrogen (secondary N) is 1. The van der Waals surface area contributed by atoms with E-state index in [0.29, 0.717) is 23.9 Å². The third kappa shape index (κ3) is 6.28. The van der Waals surface area contributed by atoms with Crippen molar-refractivity contribution in [2.45, 2.75) is 103 Å². The molecule has 1 N–H and O–H groups in total. The molecule has 0 aromatic heterocycles. The normalized spacial score (nSPS) is 21.3. The largest absolute Gasteiger partial charge is 0.494 e. The number of hydrogen-bond acceptors (Lipinski definition) is 5. The summed E-state index contributed by atoms with van der Waals surface area (Å²) in [4.78, 5) is 12.8. The summed E-state index contributed by atoms with van der Waals surface area (Å²) in [7, 11) is -0.418. The number of benzene rings is 1. The fourth-order valence-corrected chi connectivity index (χ4v) is 4.49. The summed E-state index contributed by atoms with van der Waals surface area (Å²) in [6.45, 7) is 13.1. The molecule has 32 heavy (non-hydrogen) atoms. The molecule has 1 aromatic rings. The van der Waals surface area contributed by atoms with Gasteiger partial charge in [0.25, 0.3) is 0 Å². The second-order valence-electron chi connectivity index (χ2n) is 10.7. The minimum atomic E-state index is -0.418. The molecule has 1 saturated carbocycles.